The van der Waals surface area contributed by atoms with Crippen molar-refractivity contribution in [3.8, 4) is 0 Å². The monoisotopic (exact) mass is 270 g/mol. The molecule has 1 nitrogen and oxygen atoms in total. The Bertz CT molecular complexity index is 410. The van der Waals surface area contributed by atoms with Crippen molar-refractivity contribution in [1.29, 1.82) is 0 Å². The first-order valence-electron chi connectivity index (χ1n) is 7.46. The quantitative estimate of drug-likeness (QED) is 0.705. The highest BCUT2D eigenvalue weighted by Crippen LogP contribution is 1.98. The van der Waals surface area contributed by atoms with Crippen molar-refractivity contribution in [1.82, 2.24) is 0 Å². The molecule has 2 aromatic carbocycles. The second-order valence-electron chi connectivity index (χ2n) is 4.81. The minimum Gasteiger partial charge on any atom is -0.381 e. The summed E-state index contributed by atoms with van der Waals surface area (Å²) in [5.41, 5.74) is 2.73. The van der Waals surface area contributed by atoms with Crippen LogP contribution in [-0.4, -0.2) is 13.2 Å². The third-order valence-corrected chi connectivity index (χ3v) is 3.02. The van der Waals surface area contributed by atoms with Gasteiger partial charge in [-0.15, -0.1) is 0 Å². The van der Waals surface area contributed by atoms with Crippen LogP contribution in [0.15, 0.2) is 60.7 Å². The Morgan fingerprint density at radius 1 is 0.800 bits per heavy atom. The highest BCUT2D eigenvalue weighted by atomic mass is 16.5. The molecule has 0 atom stereocenters. The number of benzene rings is 2. The Balaban J connectivity index is 0.000000154. The van der Waals surface area contributed by atoms with E-state index in [1.54, 1.807) is 0 Å². The van der Waals surface area contributed by atoms with Gasteiger partial charge in [0.15, 0.2) is 0 Å². The van der Waals surface area contributed by atoms with Crippen LogP contribution in [0, 0.1) is 6.92 Å². The molecule has 3 rings (SSSR count). The zero-order chi connectivity index (χ0) is 14.5. The van der Waals surface area contributed by atoms with Crippen molar-refractivity contribution in [3.63, 3.8) is 0 Å². The average molecular weight is 270 g/mol. The van der Waals surface area contributed by atoms with Gasteiger partial charge in [-0.25, -0.2) is 0 Å². The van der Waals surface area contributed by atoms with Gasteiger partial charge in [-0.2, -0.15) is 0 Å². The van der Waals surface area contributed by atoms with Gasteiger partial charge in [-0.3, -0.25) is 0 Å². The number of ether oxygens (including phenoxy) is 1. The predicted octanol–water partition coefficient (Wildman–Crippen LogP) is 5.04. The number of rotatable bonds is 1. The van der Waals surface area contributed by atoms with Crippen LogP contribution in [0.3, 0.4) is 0 Å². The molecule has 0 unspecified atom stereocenters. The number of hydrogen-bond donors (Lipinski definition) is 0. The van der Waals surface area contributed by atoms with Gasteiger partial charge in [0.05, 0.1) is 0 Å². The summed E-state index contributed by atoms with van der Waals surface area (Å²) in [7, 11) is 0. The van der Waals surface area contributed by atoms with Crippen molar-refractivity contribution < 1.29 is 4.74 Å². The normalized spacial score (nSPS) is 12.7. The summed E-state index contributed by atoms with van der Waals surface area (Å²) in [5, 5.41) is 0. The lowest BCUT2D eigenvalue weighted by atomic mass is 10.2. The zero-order valence-electron chi connectivity index (χ0n) is 12.7. The van der Waals surface area contributed by atoms with Gasteiger partial charge in [0, 0.05) is 13.2 Å². The van der Waals surface area contributed by atoms with Gasteiger partial charge in [-0.1, -0.05) is 73.2 Å². The maximum Gasteiger partial charge on any atom is 0.0466 e. The molecule has 0 aliphatic carbocycles. The Hall–Kier alpha value is -1.60. The lowest BCUT2D eigenvalue weighted by molar-refractivity contribution is 0.198. The summed E-state index contributed by atoms with van der Waals surface area (Å²) >= 11 is 0. The summed E-state index contributed by atoms with van der Waals surface area (Å²) in [5.74, 6) is 0. The van der Waals surface area contributed by atoms with Crippen LogP contribution >= 0.6 is 0 Å². The molecule has 0 aromatic heterocycles. The van der Waals surface area contributed by atoms with E-state index < -0.39 is 0 Å². The third-order valence-electron chi connectivity index (χ3n) is 3.02. The van der Waals surface area contributed by atoms with Crippen LogP contribution in [0.1, 0.15) is 30.9 Å². The van der Waals surface area contributed by atoms with E-state index in [1.807, 2.05) is 24.3 Å². The van der Waals surface area contributed by atoms with E-state index in [4.69, 9.17) is 4.74 Å². The van der Waals surface area contributed by atoms with E-state index in [0.29, 0.717) is 0 Å². The first-order chi connectivity index (χ1) is 9.83. The standard InChI is InChI=1S/C8H10.C7H8.C4H8O/c1-2-8-6-4-3-5-7-8;1-7-5-3-2-4-6-7;1-2-4-5-3-1/h3-7H,2H2,1H3;2-6H,1H3;1-4H2. The van der Waals surface area contributed by atoms with E-state index in [-0.39, 0.29) is 0 Å². The Morgan fingerprint density at radius 3 is 1.55 bits per heavy atom. The van der Waals surface area contributed by atoms with E-state index in [9.17, 15) is 0 Å². The molecular formula is C19H26O. The summed E-state index contributed by atoms with van der Waals surface area (Å²) < 4.78 is 4.94. The SMILES string of the molecule is C1CCOC1.CCc1ccccc1.Cc1ccccc1. The fourth-order valence-electron chi connectivity index (χ4n) is 1.76. The maximum absolute atomic E-state index is 4.94. The molecule has 0 saturated carbocycles. The largest absolute Gasteiger partial charge is 0.381 e. The molecule has 1 heterocycles. The Labute approximate surface area is 123 Å². The third kappa shape index (κ3) is 8.49. The van der Waals surface area contributed by atoms with Crippen molar-refractivity contribution in [2.24, 2.45) is 0 Å². The van der Waals surface area contributed by atoms with Crippen LogP contribution in [-0.2, 0) is 11.2 Å². The molecule has 1 aliphatic heterocycles. The van der Waals surface area contributed by atoms with Crippen molar-refractivity contribution in [2.45, 2.75) is 33.1 Å². The van der Waals surface area contributed by atoms with Gasteiger partial charge in [0.2, 0.25) is 0 Å². The number of aryl methyl sites for hydroxylation is 2. The van der Waals surface area contributed by atoms with Gasteiger partial charge >= 0.3 is 0 Å². The van der Waals surface area contributed by atoms with E-state index in [0.717, 1.165) is 19.6 Å². The highest BCUT2D eigenvalue weighted by molar-refractivity contribution is 5.14. The van der Waals surface area contributed by atoms with Gasteiger partial charge < -0.3 is 4.74 Å². The van der Waals surface area contributed by atoms with Crippen LogP contribution < -0.4 is 0 Å². The molecule has 0 N–H and O–H groups in total. The maximum atomic E-state index is 4.94. The van der Waals surface area contributed by atoms with E-state index in [1.165, 1.54) is 24.0 Å². The van der Waals surface area contributed by atoms with Crippen molar-refractivity contribution >= 4 is 0 Å². The Morgan fingerprint density at radius 2 is 1.30 bits per heavy atom. The molecule has 0 amide bonds. The van der Waals surface area contributed by atoms with Crippen molar-refractivity contribution in [2.75, 3.05) is 13.2 Å². The second-order valence-corrected chi connectivity index (χ2v) is 4.81. The van der Waals surface area contributed by atoms with Crippen LogP contribution in [0.25, 0.3) is 0 Å². The summed E-state index contributed by atoms with van der Waals surface area (Å²) in [6.07, 6.45) is 3.70. The predicted molar refractivity (Wildman–Crippen MR) is 87.1 cm³/mol. The zero-order valence-corrected chi connectivity index (χ0v) is 12.7. The lowest BCUT2D eigenvalue weighted by Crippen LogP contribution is -1.74. The molecule has 0 bridgehead atoms. The fourth-order valence-corrected chi connectivity index (χ4v) is 1.76. The smallest absolute Gasteiger partial charge is 0.0466 e. The average Bonchev–Trinajstić information content (AvgIpc) is 3.09. The minimum absolute atomic E-state index is 1.00. The van der Waals surface area contributed by atoms with E-state index >= 15 is 0 Å². The molecule has 20 heavy (non-hydrogen) atoms. The molecule has 0 radical (unpaired) electrons. The summed E-state index contributed by atoms with van der Waals surface area (Å²) in [4.78, 5) is 0. The molecule has 1 saturated heterocycles. The van der Waals surface area contributed by atoms with Crippen LogP contribution in [0.2, 0.25) is 0 Å². The van der Waals surface area contributed by atoms with Gasteiger partial charge in [0.25, 0.3) is 0 Å². The summed E-state index contributed by atoms with van der Waals surface area (Å²) in [6.45, 7) is 6.25. The highest BCUT2D eigenvalue weighted by Gasteiger charge is 1.94. The first-order valence-corrected chi connectivity index (χ1v) is 7.46. The fraction of sp³-hybridized carbons (Fsp3) is 0.368. The molecule has 0 spiro atoms. The number of hydrogen-bond acceptors (Lipinski definition) is 1. The molecule has 1 aliphatic rings. The molecule has 1 fully saturated rings. The van der Waals surface area contributed by atoms with Crippen LogP contribution in [0.4, 0.5) is 0 Å². The van der Waals surface area contributed by atoms with Gasteiger partial charge in [0.1, 0.15) is 0 Å². The van der Waals surface area contributed by atoms with Crippen molar-refractivity contribution in [3.05, 3.63) is 71.8 Å². The van der Waals surface area contributed by atoms with Gasteiger partial charge in [-0.05, 0) is 31.7 Å². The van der Waals surface area contributed by atoms with E-state index in [2.05, 4.69) is 50.2 Å². The molecule has 108 valence electrons. The Kier molecular flexibility index (Phi) is 9.25. The minimum atomic E-state index is 1.00. The topological polar surface area (TPSA) is 9.23 Å². The first kappa shape index (κ1) is 16.5. The second kappa shape index (κ2) is 11.2. The molecule has 1 heteroatoms. The molecule has 2 aromatic rings. The van der Waals surface area contributed by atoms with Crippen LogP contribution in [0.5, 0.6) is 0 Å². The molecular weight excluding hydrogens is 244 g/mol. The lowest BCUT2D eigenvalue weighted by Gasteiger charge is -1.89. The summed E-state index contributed by atoms with van der Waals surface area (Å²) in [6, 6.07) is 20.7.